The van der Waals surface area contributed by atoms with Crippen molar-refractivity contribution in [2.45, 2.75) is 32.5 Å². The van der Waals surface area contributed by atoms with E-state index in [0.29, 0.717) is 18.0 Å². The molecule has 2 aliphatic rings. The summed E-state index contributed by atoms with van der Waals surface area (Å²) in [6.07, 6.45) is -0.146. The number of hydrogen-bond donors (Lipinski definition) is 0. The monoisotopic (exact) mass is 529 g/mol. The predicted octanol–water partition coefficient (Wildman–Crippen LogP) is 6.62. The van der Waals surface area contributed by atoms with Gasteiger partial charge >= 0.3 is 6.18 Å². The number of ether oxygens (including phenoxy) is 1. The van der Waals surface area contributed by atoms with E-state index in [4.69, 9.17) is 9.26 Å². The minimum absolute atomic E-state index is 0.000280. The molecule has 1 aromatic heterocycles. The molecule has 0 saturated carbocycles. The molecule has 0 saturated heterocycles. The smallest absolute Gasteiger partial charge is 0.417 e. The second-order valence-corrected chi connectivity index (χ2v) is 8.48. The number of halogens is 5. The van der Waals surface area contributed by atoms with Gasteiger partial charge in [0.25, 0.3) is 0 Å². The number of nitrogens with zero attached hydrogens (tertiary/aromatic N) is 5. The Labute approximate surface area is 213 Å². The zero-order valence-electron chi connectivity index (χ0n) is 20.0. The summed E-state index contributed by atoms with van der Waals surface area (Å²) in [5.74, 6) is -1.71. The number of fused-ring (bicyclic) bond motifs is 1. The van der Waals surface area contributed by atoms with Crippen LogP contribution in [0.2, 0.25) is 0 Å². The van der Waals surface area contributed by atoms with Crippen molar-refractivity contribution in [3.63, 3.8) is 0 Å². The molecule has 0 radical (unpaired) electrons. The number of aromatic nitrogens is 5. The standard InChI is InChI=1S/C26H20F5N5O2/c1-2-3-9-37-15-7-8-17(19(10-15)26(29,30)31)21-11-16(38-35-21)13-36-14-23-22(12-32-36)33-25(34-23)18-5-4-6-20(27)24(18)28/h4-8,10-12,14H,2-3,9,13H2,1H3. The van der Waals surface area contributed by atoms with Gasteiger partial charge < -0.3 is 9.26 Å². The van der Waals surface area contributed by atoms with Gasteiger partial charge in [0, 0.05) is 11.6 Å². The fourth-order valence-electron chi connectivity index (χ4n) is 3.82. The van der Waals surface area contributed by atoms with Gasteiger partial charge in [-0.05, 0) is 36.8 Å². The zero-order valence-corrected chi connectivity index (χ0v) is 20.0. The van der Waals surface area contributed by atoms with Crippen molar-refractivity contribution in [2.75, 3.05) is 6.61 Å². The normalized spacial score (nSPS) is 11.8. The van der Waals surface area contributed by atoms with Gasteiger partial charge in [-0.25, -0.2) is 18.7 Å². The molecule has 0 unspecified atom stereocenters. The molecular formula is C26H20F5N5O2. The first-order valence-corrected chi connectivity index (χ1v) is 11.7. The van der Waals surface area contributed by atoms with E-state index in [-0.39, 0.29) is 40.7 Å². The lowest BCUT2D eigenvalue weighted by Crippen LogP contribution is -2.08. The fourth-order valence-corrected chi connectivity index (χ4v) is 3.82. The van der Waals surface area contributed by atoms with Crippen LogP contribution in [0.5, 0.6) is 5.75 Å². The van der Waals surface area contributed by atoms with Crippen molar-refractivity contribution >= 4 is 0 Å². The number of imidazole rings is 1. The van der Waals surface area contributed by atoms with Crippen molar-refractivity contribution in [1.82, 2.24) is 24.9 Å². The average Bonchev–Trinajstić information content (AvgIpc) is 3.52. The molecular weight excluding hydrogens is 509 g/mol. The largest absolute Gasteiger partial charge is 0.494 e. The fraction of sp³-hybridized carbons (Fsp3) is 0.231. The minimum Gasteiger partial charge on any atom is -0.494 e. The number of benzene rings is 2. The van der Waals surface area contributed by atoms with E-state index in [0.717, 1.165) is 25.0 Å². The third-order valence-electron chi connectivity index (χ3n) is 5.72. The summed E-state index contributed by atoms with van der Waals surface area (Å²) in [6.45, 7) is 2.31. The summed E-state index contributed by atoms with van der Waals surface area (Å²) in [7, 11) is 0. The third kappa shape index (κ3) is 5.20. The molecule has 0 atom stereocenters. The number of alkyl halides is 3. The van der Waals surface area contributed by atoms with E-state index in [9.17, 15) is 22.0 Å². The summed E-state index contributed by atoms with van der Waals surface area (Å²) >= 11 is 0. The highest BCUT2D eigenvalue weighted by Gasteiger charge is 2.35. The van der Waals surface area contributed by atoms with Crippen LogP contribution in [0.25, 0.3) is 34.0 Å². The maximum atomic E-state index is 14.1. The van der Waals surface area contributed by atoms with Gasteiger partial charge in [-0.2, -0.15) is 18.3 Å². The van der Waals surface area contributed by atoms with Crippen LogP contribution < -0.4 is 4.74 Å². The molecule has 2 aromatic carbocycles. The van der Waals surface area contributed by atoms with Crippen LogP contribution in [-0.4, -0.2) is 31.5 Å². The highest BCUT2D eigenvalue weighted by Crippen LogP contribution is 2.39. The molecule has 2 aliphatic heterocycles. The van der Waals surface area contributed by atoms with Gasteiger partial charge in [-0.15, -0.1) is 0 Å². The Morgan fingerprint density at radius 2 is 1.79 bits per heavy atom. The minimum atomic E-state index is -4.63. The van der Waals surface area contributed by atoms with Crippen molar-refractivity contribution < 1.29 is 31.2 Å². The second-order valence-electron chi connectivity index (χ2n) is 8.48. The number of unbranched alkanes of at least 4 members (excludes halogenated alkanes) is 1. The maximum absolute atomic E-state index is 14.1. The zero-order chi connectivity index (χ0) is 26.9. The molecule has 0 spiro atoms. The SMILES string of the molecule is CCCCOc1ccc(-c2cc(Cn3cc4nc(-c5cccc(F)c5F)nc-4cn3)on2)c(C(F)(F)F)c1. The lowest BCUT2D eigenvalue weighted by atomic mass is 10.0. The van der Waals surface area contributed by atoms with Crippen LogP contribution >= 0.6 is 0 Å². The van der Waals surface area contributed by atoms with E-state index in [2.05, 4.69) is 20.2 Å². The summed E-state index contributed by atoms with van der Waals surface area (Å²) in [6, 6.07) is 8.83. The molecule has 0 amide bonds. The maximum Gasteiger partial charge on any atom is 0.417 e. The summed E-state index contributed by atoms with van der Waals surface area (Å²) in [4.78, 5) is 8.45. The third-order valence-corrected chi connectivity index (χ3v) is 5.72. The molecule has 38 heavy (non-hydrogen) atoms. The molecule has 0 bridgehead atoms. The van der Waals surface area contributed by atoms with Crippen LogP contribution in [0.3, 0.4) is 0 Å². The van der Waals surface area contributed by atoms with Crippen LogP contribution in [-0.2, 0) is 12.7 Å². The lowest BCUT2D eigenvalue weighted by Gasteiger charge is -2.13. The molecule has 0 aliphatic carbocycles. The Bertz CT molecular complexity index is 1550. The molecule has 7 nitrogen and oxygen atoms in total. The van der Waals surface area contributed by atoms with Crippen molar-refractivity contribution in [2.24, 2.45) is 0 Å². The van der Waals surface area contributed by atoms with Crippen LogP contribution in [0.15, 0.2) is 59.4 Å². The van der Waals surface area contributed by atoms with Gasteiger partial charge in [0.1, 0.15) is 29.4 Å². The topological polar surface area (TPSA) is 78.9 Å². The Balaban J connectivity index is 1.39. The Kier molecular flexibility index (Phi) is 6.79. The average molecular weight is 529 g/mol. The van der Waals surface area contributed by atoms with Crippen LogP contribution in [0.4, 0.5) is 22.0 Å². The van der Waals surface area contributed by atoms with Gasteiger partial charge in [-0.3, -0.25) is 4.68 Å². The quantitative estimate of drug-likeness (QED) is 0.166. The summed E-state index contributed by atoms with van der Waals surface area (Å²) in [5.41, 5.74) is -0.401. The Morgan fingerprint density at radius 3 is 2.58 bits per heavy atom. The van der Waals surface area contributed by atoms with E-state index < -0.39 is 23.4 Å². The van der Waals surface area contributed by atoms with Crippen LogP contribution in [0.1, 0.15) is 31.1 Å². The first-order chi connectivity index (χ1) is 18.2. The van der Waals surface area contributed by atoms with Crippen molar-refractivity contribution in [3.8, 4) is 39.8 Å². The first kappa shape index (κ1) is 25.3. The van der Waals surface area contributed by atoms with Crippen LogP contribution in [0, 0.1) is 11.6 Å². The van der Waals surface area contributed by atoms with Gasteiger partial charge in [0.15, 0.2) is 23.2 Å². The molecule has 0 N–H and O–H groups in total. The van der Waals surface area contributed by atoms with Crippen molar-refractivity contribution in [3.05, 3.63) is 77.8 Å². The second kappa shape index (κ2) is 10.2. The first-order valence-electron chi connectivity index (χ1n) is 11.7. The highest BCUT2D eigenvalue weighted by atomic mass is 19.4. The van der Waals surface area contributed by atoms with E-state index >= 15 is 0 Å². The molecule has 196 valence electrons. The van der Waals surface area contributed by atoms with Gasteiger partial charge in [0.2, 0.25) is 0 Å². The number of rotatable bonds is 8. The molecule has 5 rings (SSSR count). The Morgan fingerprint density at radius 1 is 0.974 bits per heavy atom. The van der Waals surface area contributed by atoms with Gasteiger partial charge in [0.05, 0.1) is 30.1 Å². The summed E-state index contributed by atoms with van der Waals surface area (Å²) < 4.78 is 81.2. The lowest BCUT2D eigenvalue weighted by molar-refractivity contribution is -0.137. The van der Waals surface area contributed by atoms with Crippen molar-refractivity contribution in [1.29, 1.82) is 0 Å². The number of hydrogen-bond acceptors (Lipinski definition) is 6. The molecule has 12 heteroatoms. The van der Waals surface area contributed by atoms with E-state index in [1.54, 1.807) is 0 Å². The van der Waals surface area contributed by atoms with Gasteiger partial charge in [-0.1, -0.05) is 24.6 Å². The summed E-state index contributed by atoms with van der Waals surface area (Å²) in [5, 5.41) is 8.02. The highest BCUT2D eigenvalue weighted by molar-refractivity contribution is 5.66. The predicted molar refractivity (Wildman–Crippen MR) is 126 cm³/mol. The molecule has 3 heterocycles. The van der Waals surface area contributed by atoms with E-state index in [1.807, 2.05) is 6.92 Å². The molecule has 0 fully saturated rings. The molecule has 3 aromatic rings. The van der Waals surface area contributed by atoms with E-state index in [1.165, 1.54) is 47.4 Å². The Hall–Kier alpha value is -4.35.